The number of rotatable bonds is 5. The van der Waals surface area contributed by atoms with Crippen LogP contribution in [-0.2, 0) is 10.0 Å². The van der Waals surface area contributed by atoms with E-state index >= 15 is 0 Å². The molecule has 0 amide bonds. The summed E-state index contributed by atoms with van der Waals surface area (Å²) in [5.41, 5.74) is 7.37. The Morgan fingerprint density at radius 2 is 1.82 bits per heavy atom. The molecule has 1 unspecified atom stereocenters. The molecule has 0 aliphatic carbocycles. The SMILES string of the molecule is CC(CCN)c1ccc(N(C)S(C)(=O)=O)cc1. The van der Waals surface area contributed by atoms with Gasteiger partial charge < -0.3 is 5.73 Å². The molecule has 1 aromatic rings. The van der Waals surface area contributed by atoms with Crippen molar-refractivity contribution in [1.82, 2.24) is 0 Å². The molecule has 0 bridgehead atoms. The molecular weight excluding hydrogens is 236 g/mol. The highest BCUT2D eigenvalue weighted by atomic mass is 32.2. The molecule has 0 radical (unpaired) electrons. The predicted octanol–water partition coefficient (Wildman–Crippen LogP) is 1.53. The summed E-state index contributed by atoms with van der Waals surface area (Å²) in [5.74, 6) is 0.401. The van der Waals surface area contributed by atoms with Crippen molar-refractivity contribution in [2.75, 3.05) is 24.2 Å². The van der Waals surface area contributed by atoms with Crippen LogP contribution in [0.2, 0.25) is 0 Å². The summed E-state index contributed by atoms with van der Waals surface area (Å²) >= 11 is 0. The van der Waals surface area contributed by atoms with Gasteiger partial charge in [-0.1, -0.05) is 19.1 Å². The number of anilines is 1. The molecule has 4 nitrogen and oxygen atoms in total. The van der Waals surface area contributed by atoms with E-state index in [1.165, 1.54) is 16.1 Å². The first kappa shape index (κ1) is 14.0. The summed E-state index contributed by atoms with van der Waals surface area (Å²) in [6.45, 7) is 2.77. The van der Waals surface area contributed by atoms with Crippen molar-refractivity contribution in [3.63, 3.8) is 0 Å². The molecule has 17 heavy (non-hydrogen) atoms. The molecule has 1 rings (SSSR count). The van der Waals surface area contributed by atoms with Crippen molar-refractivity contribution in [2.24, 2.45) is 5.73 Å². The standard InChI is InChI=1S/C12H20N2O2S/c1-10(8-9-13)11-4-6-12(7-5-11)14(2)17(3,15)16/h4-7,10H,8-9,13H2,1-3H3. The molecule has 1 aromatic carbocycles. The largest absolute Gasteiger partial charge is 0.330 e. The lowest BCUT2D eigenvalue weighted by Crippen LogP contribution is -2.24. The maximum atomic E-state index is 11.4. The third-order valence-corrected chi connectivity index (χ3v) is 4.13. The third-order valence-electron chi connectivity index (χ3n) is 2.92. The number of benzene rings is 1. The molecule has 0 heterocycles. The van der Waals surface area contributed by atoms with Crippen molar-refractivity contribution in [2.45, 2.75) is 19.3 Å². The van der Waals surface area contributed by atoms with E-state index in [2.05, 4.69) is 6.92 Å². The fourth-order valence-electron chi connectivity index (χ4n) is 1.62. The van der Waals surface area contributed by atoms with E-state index < -0.39 is 10.0 Å². The van der Waals surface area contributed by atoms with Crippen molar-refractivity contribution < 1.29 is 8.42 Å². The van der Waals surface area contributed by atoms with Gasteiger partial charge in [-0.15, -0.1) is 0 Å². The fraction of sp³-hybridized carbons (Fsp3) is 0.500. The molecule has 0 aliphatic rings. The Bertz CT molecular complexity index is 454. The topological polar surface area (TPSA) is 63.4 Å². The zero-order chi connectivity index (χ0) is 13.1. The number of nitrogens with zero attached hydrogens (tertiary/aromatic N) is 1. The van der Waals surface area contributed by atoms with Gasteiger partial charge in [-0.25, -0.2) is 8.42 Å². The van der Waals surface area contributed by atoms with E-state index in [4.69, 9.17) is 5.73 Å². The van der Waals surface area contributed by atoms with Crippen LogP contribution in [0.4, 0.5) is 5.69 Å². The highest BCUT2D eigenvalue weighted by molar-refractivity contribution is 7.92. The van der Waals surface area contributed by atoms with Gasteiger partial charge in [0, 0.05) is 7.05 Å². The van der Waals surface area contributed by atoms with Crippen molar-refractivity contribution in [1.29, 1.82) is 0 Å². The zero-order valence-corrected chi connectivity index (χ0v) is 11.4. The van der Waals surface area contributed by atoms with Gasteiger partial charge in [0.2, 0.25) is 10.0 Å². The monoisotopic (exact) mass is 256 g/mol. The molecular formula is C12H20N2O2S. The second-order valence-electron chi connectivity index (χ2n) is 4.30. The quantitative estimate of drug-likeness (QED) is 0.869. The third kappa shape index (κ3) is 3.71. The van der Waals surface area contributed by atoms with Crippen LogP contribution in [-0.4, -0.2) is 28.3 Å². The molecule has 1 atom stereocenters. The van der Waals surface area contributed by atoms with Gasteiger partial charge >= 0.3 is 0 Å². The summed E-state index contributed by atoms with van der Waals surface area (Å²) in [6, 6.07) is 7.56. The summed E-state index contributed by atoms with van der Waals surface area (Å²) in [4.78, 5) is 0. The lowest BCUT2D eigenvalue weighted by Gasteiger charge is -2.18. The molecule has 0 fully saturated rings. The van der Waals surface area contributed by atoms with Crippen LogP contribution in [0.1, 0.15) is 24.8 Å². The minimum atomic E-state index is -3.19. The predicted molar refractivity (Wildman–Crippen MR) is 71.8 cm³/mol. The molecule has 5 heteroatoms. The molecule has 0 saturated carbocycles. The van der Waals surface area contributed by atoms with Crippen molar-refractivity contribution in [3.8, 4) is 0 Å². The first-order chi connectivity index (χ1) is 7.86. The maximum absolute atomic E-state index is 11.4. The smallest absolute Gasteiger partial charge is 0.231 e. The van der Waals surface area contributed by atoms with Gasteiger partial charge in [0.25, 0.3) is 0 Å². The van der Waals surface area contributed by atoms with Crippen LogP contribution in [0.3, 0.4) is 0 Å². The molecule has 2 N–H and O–H groups in total. The van der Waals surface area contributed by atoms with E-state index in [0.29, 0.717) is 18.2 Å². The highest BCUT2D eigenvalue weighted by Gasteiger charge is 2.12. The molecule has 0 saturated heterocycles. The van der Waals surface area contributed by atoms with E-state index in [1.807, 2.05) is 24.3 Å². The van der Waals surface area contributed by atoms with Gasteiger partial charge in [-0.3, -0.25) is 4.31 Å². The minimum Gasteiger partial charge on any atom is -0.330 e. The fourth-order valence-corrected chi connectivity index (χ4v) is 2.13. The van der Waals surface area contributed by atoms with E-state index in [-0.39, 0.29) is 0 Å². The number of hydrogen-bond acceptors (Lipinski definition) is 3. The Kier molecular flexibility index (Phi) is 4.54. The average Bonchev–Trinajstić information content (AvgIpc) is 2.27. The van der Waals surface area contributed by atoms with E-state index in [1.54, 1.807) is 7.05 Å². The maximum Gasteiger partial charge on any atom is 0.231 e. The van der Waals surface area contributed by atoms with E-state index in [9.17, 15) is 8.42 Å². The van der Waals surface area contributed by atoms with Gasteiger partial charge in [0.05, 0.1) is 11.9 Å². The Balaban J connectivity index is 2.88. The Labute approximate surface area is 103 Å². The Morgan fingerprint density at radius 3 is 2.24 bits per heavy atom. The normalized spacial score (nSPS) is 13.4. The molecule has 0 aromatic heterocycles. The first-order valence-electron chi connectivity index (χ1n) is 5.60. The molecule has 0 aliphatic heterocycles. The van der Waals surface area contributed by atoms with Crippen LogP contribution in [0, 0.1) is 0 Å². The summed E-state index contributed by atoms with van der Waals surface area (Å²) in [7, 11) is -1.64. The molecule has 0 spiro atoms. The van der Waals surface area contributed by atoms with Gasteiger partial charge in [0.1, 0.15) is 0 Å². The first-order valence-corrected chi connectivity index (χ1v) is 7.45. The van der Waals surface area contributed by atoms with Gasteiger partial charge in [-0.05, 0) is 36.6 Å². The summed E-state index contributed by atoms with van der Waals surface area (Å²) in [5, 5.41) is 0. The van der Waals surface area contributed by atoms with Crippen molar-refractivity contribution in [3.05, 3.63) is 29.8 Å². The second-order valence-corrected chi connectivity index (χ2v) is 6.31. The van der Waals surface area contributed by atoms with Crippen LogP contribution >= 0.6 is 0 Å². The van der Waals surface area contributed by atoms with Crippen LogP contribution in [0.25, 0.3) is 0 Å². The van der Waals surface area contributed by atoms with Crippen LogP contribution in [0.15, 0.2) is 24.3 Å². The van der Waals surface area contributed by atoms with Gasteiger partial charge in [0.15, 0.2) is 0 Å². The van der Waals surface area contributed by atoms with Gasteiger partial charge in [-0.2, -0.15) is 0 Å². The van der Waals surface area contributed by atoms with E-state index in [0.717, 1.165) is 6.42 Å². The van der Waals surface area contributed by atoms with Crippen LogP contribution in [0.5, 0.6) is 0 Å². The summed E-state index contributed by atoms with van der Waals surface area (Å²) < 4.78 is 24.0. The highest BCUT2D eigenvalue weighted by Crippen LogP contribution is 2.22. The summed E-state index contributed by atoms with van der Waals surface area (Å²) in [6.07, 6.45) is 2.12. The van der Waals surface area contributed by atoms with Crippen molar-refractivity contribution >= 4 is 15.7 Å². The minimum absolute atomic E-state index is 0.401. The lowest BCUT2D eigenvalue weighted by molar-refractivity contribution is 0.600. The number of hydrogen-bond donors (Lipinski definition) is 1. The second kappa shape index (κ2) is 5.51. The number of nitrogens with two attached hydrogens (primary N) is 1. The van der Waals surface area contributed by atoms with Crippen LogP contribution < -0.4 is 10.0 Å². The Morgan fingerprint density at radius 1 is 1.29 bits per heavy atom. The zero-order valence-electron chi connectivity index (χ0n) is 10.6. The number of sulfonamides is 1. The molecule has 96 valence electrons. The average molecular weight is 256 g/mol. The lowest BCUT2D eigenvalue weighted by atomic mass is 9.98. The Hall–Kier alpha value is -1.07.